The maximum absolute atomic E-state index is 7.25. The second-order valence-corrected chi connectivity index (χ2v) is 3.25. The van der Waals surface area contributed by atoms with E-state index < -0.39 is 0 Å². The summed E-state index contributed by atoms with van der Waals surface area (Å²) in [6.45, 7) is 0. The molecule has 3 N–H and O–H groups in total. The van der Waals surface area contributed by atoms with Crippen LogP contribution in [0.15, 0.2) is 6.20 Å². The molecule has 1 aliphatic carbocycles. The van der Waals surface area contributed by atoms with Crippen LogP contribution in [0.5, 0.6) is 0 Å². The lowest BCUT2D eigenvalue weighted by Crippen LogP contribution is -2.17. The number of hydrogen-bond donors (Lipinski definition) is 2. The summed E-state index contributed by atoms with van der Waals surface area (Å²) in [6.07, 6.45) is 4.32. The Morgan fingerprint density at radius 1 is 1.69 bits per heavy atom. The smallest absolute Gasteiger partial charge is 0.174 e. The highest BCUT2D eigenvalue weighted by atomic mass is 35.5. The largest absolute Gasteiger partial charge is 0.381 e. The fourth-order valence-corrected chi connectivity index (χ4v) is 1.43. The van der Waals surface area contributed by atoms with E-state index in [0.29, 0.717) is 11.7 Å². The average Bonchev–Trinajstić information content (AvgIpc) is 2.75. The molecule has 0 saturated heterocycles. The van der Waals surface area contributed by atoms with Gasteiger partial charge in [-0.05, 0) is 12.8 Å². The Kier molecular flexibility index (Phi) is 2.61. The Bertz CT molecular complexity index is 327. The van der Waals surface area contributed by atoms with Crippen molar-refractivity contribution >= 4 is 18.2 Å². The molecule has 72 valence electrons. The van der Waals surface area contributed by atoms with Crippen molar-refractivity contribution in [2.75, 3.05) is 0 Å². The Morgan fingerprint density at radius 2 is 2.31 bits per heavy atom. The molecule has 1 aromatic rings. The SMILES string of the molecule is Cl.Cn1c(C2CC2)cnc1C(=N)N. The number of nitrogens with zero attached hydrogens (tertiary/aromatic N) is 2. The van der Waals surface area contributed by atoms with Gasteiger partial charge >= 0.3 is 0 Å². The second-order valence-electron chi connectivity index (χ2n) is 3.25. The zero-order chi connectivity index (χ0) is 8.72. The number of hydrogen-bond acceptors (Lipinski definition) is 2. The van der Waals surface area contributed by atoms with Crippen LogP contribution in [0, 0.1) is 5.41 Å². The van der Waals surface area contributed by atoms with Crippen LogP contribution in [-0.2, 0) is 7.05 Å². The van der Waals surface area contributed by atoms with Crippen molar-refractivity contribution in [2.24, 2.45) is 12.8 Å². The van der Waals surface area contributed by atoms with Crippen molar-refractivity contribution in [3.63, 3.8) is 0 Å². The first kappa shape index (κ1) is 10.1. The predicted molar refractivity (Wildman–Crippen MR) is 53.4 cm³/mol. The fourth-order valence-electron chi connectivity index (χ4n) is 1.43. The van der Waals surface area contributed by atoms with Crippen LogP contribution >= 0.6 is 12.4 Å². The van der Waals surface area contributed by atoms with Crippen LogP contribution in [0.25, 0.3) is 0 Å². The predicted octanol–water partition coefficient (Wildman–Crippen LogP) is 1.00. The number of nitrogens with two attached hydrogens (primary N) is 1. The van der Waals surface area contributed by atoms with Gasteiger partial charge in [0.2, 0.25) is 0 Å². The first-order valence-electron chi connectivity index (χ1n) is 4.06. The third-order valence-electron chi connectivity index (χ3n) is 2.26. The summed E-state index contributed by atoms with van der Waals surface area (Å²) in [6, 6.07) is 0. The van der Waals surface area contributed by atoms with Crippen molar-refractivity contribution in [2.45, 2.75) is 18.8 Å². The van der Waals surface area contributed by atoms with Gasteiger partial charge in [-0.15, -0.1) is 12.4 Å². The number of nitrogen functional groups attached to an aromatic ring is 1. The molecule has 0 atom stereocenters. The van der Waals surface area contributed by atoms with Gasteiger partial charge in [-0.1, -0.05) is 0 Å². The van der Waals surface area contributed by atoms with Crippen molar-refractivity contribution in [1.29, 1.82) is 5.41 Å². The molecule has 1 saturated carbocycles. The number of imidazole rings is 1. The molecular formula is C8H13ClN4. The van der Waals surface area contributed by atoms with Crippen molar-refractivity contribution in [1.82, 2.24) is 9.55 Å². The molecule has 1 heterocycles. The van der Waals surface area contributed by atoms with Gasteiger partial charge in [-0.2, -0.15) is 0 Å². The number of rotatable bonds is 2. The van der Waals surface area contributed by atoms with E-state index in [-0.39, 0.29) is 18.2 Å². The minimum Gasteiger partial charge on any atom is -0.381 e. The minimum absolute atomic E-state index is 0. The van der Waals surface area contributed by atoms with Gasteiger partial charge < -0.3 is 10.3 Å². The van der Waals surface area contributed by atoms with Crippen LogP contribution in [0.1, 0.15) is 30.3 Å². The van der Waals surface area contributed by atoms with Crippen LogP contribution < -0.4 is 5.73 Å². The normalized spacial score (nSPS) is 15.2. The van der Waals surface area contributed by atoms with Crippen LogP contribution in [0.4, 0.5) is 0 Å². The molecule has 0 amide bonds. The van der Waals surface area contributed by atoms with E-state index in [1.54, 1.807) is 0 Å². The lowest BCUT2D eigenvalue weighted by Gasteiger charge is -2.02. The zero-order valence-corrected chi connectivity index (χ0v) is 8.27. The molecule has 1 aliphatic rings. The Hall–Kier alpha value is -1.03. The molecule has 0 spiro atoms. The Labute approximate surface area is 83.1 Å². The van der Waals surface area contributed by atoms with Gasteiger partial charge in [0.05, 0.1) is 0 Å². The summed E-state index contributed by atoms with van der Waals surface area (Å²) >= 11 is 0. The highest BCUT2D eigenvalue weighted by Crippen LogP contribution is 2.39. The summed E-state index contributed by atoms with van der Waals surface area (Å²) in [7, 11) is 1.91. The summed E-state index contributed by atoms with van der Waals surface area (Å²) in [5, 5.41) is 7.25. The summed E-state index contributed by atoms with van der Waals surface area (Å²) in [5.41, 5.74) is 6.56. The van der Waals surface area contributed by atoms with Crippen LogP contribution in [0.2, 0.25) is 0 Å². The van der Waals surface area contributed by atoms with Crippen molar-refractivity contribution < 1.29 is 0 Å². The lowest BCUT2D eigenvalue weighted by atomic mass is 10.3. The third-order valence-corrected chi connectivity index (χ3v) is 2.26. The molecule has 13 heavy (non-hydrogen) atoms. The fraction of sp³-hybridized carbons (Fsp3) is 0.500. The summed E-state index contributed by atoms with van der Waals surface area (Å²) in [5.74, 6) is 1.29. The highest BCUT2D eigenvalue weighted by molar-refractivity contribution is 5.91. The molecule has 2 rings (SSSR count). The van der Waals surface area contributed by atoms with Gasteiger partial charge in [-0.25, -0.2) is 4.98 Å². The maximum atomic E-state index is 7.25. The molecule has 0 radical (unpaired) electrons. The van der Waals surface area contributed by atoms with E-state index >= 15 is 0 Å². The number of halogens is 1. The number of nitrogens with one attached hydrogen (secondary N) is 1. The van der Waals surface area contributed by atoms with Gasteiger partial charge in [0.1, 0.15) is 0 Å². The standard InChI is InChI=1S/C8H12N4.ClH/c1-12-6(5-2-3-5)4-11-8(12)7(9)10;/h4-5H,2-3H2,1H3,(H3,9,10);1H. The first-order chi connectivity index (χ1) is 5.70. The van der Waals surface area contributed by atoms with E-state index in [1.165, 1.54) is 18.5 Å². The van der Waals surface area contributed by atoms with E-state index in [9.17, 15) is 0 Å². The van der Waals surface area contributed by atoms with Crippen molar-refractivity contribution in [3.8, 4) is 0 Å². The van der Waals surface area contributed by atoms with Gasteiger partial charge in [0.15, 0.2) is 11.7 Å². The molecule has 0 unspecified atom stereocenters. The Balaban J connectivity index is 0.000000845. The number of aromatic nitrogens is 2. The molecule has 1 aromatic heterocycles. The van der Waals surface area contributed by atoms with Gasteiger partial charge in [0, 0.05) is 24.9 Å². The molecule has 5 heteroatoms. The van der Waals surface area contributed by atoms with Crippen LogP contribution in [-0.4, -0.2) is 15.4 Å². The average molecular weight is 201 g/mol. The first-order valence-corrected chi connectivity index (χ1v) is 4.06. The second kappa shape index (κ2) is 3.38. The zero-order valence-electron chi connectivity index (χ0n) is 7.45. The summed E-state index contributed by atoms with van der Waals surface area (Å²) < 4.78 is 1.92. The van der Waals surface area contributed by atoms with Crippen LogP contribution in [0.3, 0.4) is 0 Å². The van der Waals surface area contributed by atoms with Crippen molar-refractivity contribution in [3.05, 3.63) is 17.7 Å². The molecule has 0 bridgehead atoms. The lowest BCUT2D eigenvalue weighted by molar-refractivity contribution is 0.814. The van der Waals surface area contributed by atoms with E-state index in [2.05, 4.69) is 4.98 Å². The molecule has 0 aromatic carbocycles. The van der Waals surface area contributed by atoms with E-state index in [0.717, 1.165) is 0 Å². The quantitative estimate of drug-likeness (QED) is 0.553. The third kappa shape index (κ3) is 1.67. The number of amidine groups is 1. The minimum atomic E-state index is 0. The van der Waals surface area contributed by atoms with Gasteiger partial charge in [0.25, 0.3) is 0 Å². The molecule has 4 nitrogen and oxygen atoms in total. The van der Waals surface area contributed by atoms with E-state index in [4.69, 9.17) is 11.1 Å². The monoisotopic (exact) mass is 200 g/mol. The summed E-state index contributed by atoms with van der Waals surface area (Å²) in [4.78, 5) is 4.09. The van der Waals surface area contributed by atoms with E-state index in [1.807, 2.05) is 17.8 Å². The highest BCUT2D eigenvalue weighted by Gasteiger charge is 2.27. The molecule has 0 aliphatic heterocycles. The Morgan fingerprint density at radius 3 is 2.69 bits per heavy atom. The topological polar surface area (TPSA) is 67.7 Å². The molecular weight excluding hydrogens is 188 g/mol. The molecule has 1 fully saturated rings. The van der Waals surface area contributed by atoms with Gasteiger partial charge in [-0.3, -0.25) is 5.41 Å². The maximum Gasteiger partial charge on any atom is 0.174 e.